The number of carboxylic acids is 1. The highest BCUT2D eigenvalue weighted by Crippen LogP contribution is 2.29. The molecule has 5 nitrogen and oxygen atoms in total. The lowest BCUT2D eigenvalue weighted by atomic mass is 9.92. The van der Waals surface area contributed by atoms with Gasteiger partial charge in [-0.25, -0.2) is 4.79 Å². The molecule has 34 heavy (non-hydrogen) atoms. The molecule has 1 amide bonds. The Bertz CT molecular complexity index is 956. The first-order valence-electron chi connectivity index (χ1n) is 12.4. The summed E-state index contributed by atoms with van der Waals surface area (Å²) < 4.78 is 0. The summed E-state index contributed by atoms with van der Waals surface area (Å²) in [5.41, 5.74) is 4.67. The maximum Gasteiger partial charge on any atom is 0.326 e. The van der Waals surface area contributed by atoms with Gasteiger partial charge in [0.25, 0.3) is 5.91 Å². The quantitative estimate of drug-likeness (QED) is 0.351. The lowest BCUT2D eigenvalue weighted by Crippen LogP contribution is -2.41. The van der Waals surface area contributed by atoms with E-state index in [2.05, 4.69) is 16.7 Å². The second kappa shape index (κ2) is 13.5. The number of carbonyl (C=O) groups is 2. The smallest absolute Gasteiger partial charge is 0.326 e. The van der Waals surface area contributed by atoms with Crippen LogP contribution in [0.15, 0.2) is 42.5 Å². The summed E-state index contributed by atoms with van der Waals surface area (Å²) in [5.74, 6) is -0.658. The van der Waals surface area contributed by atoms with Gasteiger partial charge in [-0.15, -0.1) is 0 Å². The van der Waals surface area contributed by atoms with Crippen LogP contribution in [-0.4, -0.2) is 47.6 Å². The molecule has 184 valence electrons. The monoisotopic (exact) mass is 482 g/mol. The number of hydrogen-bond acceptors (Lipinski definition) is 4. The fraction of sp³-hybridized carbons (Fsp3) is 0.500. The van der Waals surface area contributed by atoms with Gasteiger partial charge in [0, 0.05) is 11.6 Å². The number of benzene rings is 2. The summed E-state index contributed by atoms with van der Waals surface area (Å²) in [6, 6.07) is 13.8. The number of nitrogens with one attached hydrogen (secondary N) is 2. The second-order valence-corrected chi connectivity index (χ2v) is 10.2. The van der Waals surface area contributed by atoms with Crippen LogP contribution in [0.1, 0.15) is 66.4 Å². The average molecular weight is 483 g/mol. The maximum absolute atomic E-state index is 13.2. The first-order valence-corrected chi connectivity index (χ1v) is 13.8. The highest BCUT2D eigenvalue weighted by Gasteiger charge is 2.22. The van der Waals surface area contributed by atoms with Gasteiger partial charge in [0.2, 0.25) is 0 Å². The first-order chi connectivity index (χ1) is 16.5. The molecule has 2 aromatic carbocycles. The van der Waals surface area contributed by atoms with Crippen LogP contribution in [0.3, 0.4) is 0 Å². The third-order valence-electron chi connectivity index (χ3n) is 6.66. The summed E-state index contributed by atoms with van der Waals surface area (Å²) in [4.78, 5) is 24.8. The average Bonchev–Trinajstić information content (AvgIpc) is 2.85. The molecule has 1 aliphatic carbocycles. The fourth-order valence-corrected chi connectivity index (χ4v) is 5.15. The Morgan fingerprint density at radius 3 is 2.56 bits per heavy atom. The Hall–Kier alpha value is -2.31. The van der Waals surface area contributed by atoms with Crippen LogP contribution in [0.5, 0.6) is 0 Å². The maximum atomic E-state index is 13.2. The van der Waals surface area contributed by atoms with Gasteiger partial charge in [-0.05, 0) is 85.9 Å². The zero-order chi connectivity index (χ0) is 24.3. The largest absolute Gasteiger partial charge is 0.480 e. The van der Waals surface area contributed by atoms with Gasteiger partial charge in [-0.2, -0.15) is 11.8 Å². The summed E-state index contributed by atoms with van der Waals surface area (Å²) >= 11 is 1.57. The predicted octanol–water partition coefficient (Wildman–Crippen LogP) is 5.45. The first kappa shape index (κ1) is 26.3. The van der Waals surface area contributed by atoms with Gasteiger partial charge in [0.05, 0.1) is 0 Å². The zero-order valence-corrected chi connectivity index (χ0v) is 21.3. The molecule has 0 radical (unpaired) electrons. The standard InChI is InChI=1S/C28H38N2O3S/c1-20-9-6-7-13-23(20)25-19-21(10-8-17-29-22-11-4-3-5-12-22)14-15-24(25)27(31)30-26(28(32)33)16-18-34-2/h6-7,9,13-15,19,22,26,29H,3-5,8,10-12,16-18H2,1-2H3,(H,30,31)(H,32,33). The van der Waals surface area contributed by atoms with E-state index < -0.39 is 12.0 Å². The highest BCUT2D eigenvalue weighted by molar-refractivity contribution is 7.98. The van der Waals surface area contributed by atoms with E-state index >= 15 is 0 Å². The van der Waals surface area contributed by atoms with Crippen LogP contribution >= 0.6 is 11.8 Å². The number of amides is 1. The minimum Gasteiger partial charge on any atom is -0.480 e. The Kier molecular flexibility index (Phi) is 10.5. The van der Waals surface area contributed by atoms with Crippen molar-refractivity contribution in [3.8, 4) is 11.1 Å². The molecule has 3 N–H and O–H groups in total. The lowest BCUT2D eigenvalue weighted by Gasteiger charge is -2.22. The van der Waals surface area contributed by atoms with Gasteiger partial charge >= 0.3 is 5.97 Å². The summed E-state index contributed by atoms with van der Waals surface area (Å²) in [6.07, 6.45) is 10.9. The molecule has 2 aromatic rings. The Balaban J connectivity index is 1.75. The van der Waals surface area contributed by atoms with E-state index in [-0.39, 0.29) is 5.91 Å². The minimum absolute atomic E-state index is 0.336. The molecule has 0 saturated heterocycles. The van der Waals surface area contributed by atoms with Crippen molar-refractivity contribution in [3.05, 3.63) is 59.2 Å². The van der Waals surface area contributed by atoms with Crippen molar-refractivity contribution in [2.24, 2.45) is 0 Å². The van der Waals surface area contributed by atoms with Crippen LogP contribution in [0.25, 0.3) is 11.1 Å². The van der Waals surface area contributed by atoms with Crippen LogP contribution in [-0.2, 0) is 11.2 Å². The summed E-state index contributed by atoms with van der Waals surface area (Å²) in [5, 5.41) is 16.0. The van der Waals surface area contributed by atoms with Crippen LogP contribution in [0, 0.1) is 6.92 Å². The minimum atomic E-state index is -0.998. The topological polar surface area (TPSA) is 78.4 Å². The molecule has 0 aliphatic heterocycles. The predicted molar refractivity (Wildman–Crippen MR) is 142 cm³/mol. The van der Waals surface area contributed by atoms with Crippen molar-refractivity contribution in [1.29, 1.82) is 0 Å². The molecule has 3 rings (SSSR count). The molecule has 1 saturated carbocycles. The van der Waals surface area contributed by atoms with E-state index in [0.717, 1.165) is 36.1 Å². The number of aryl methyl sites for hydroxylation is 2. The lowest BCUT2D eigenvalue weighted by molar-refractivity contribution is -0.139. The van der Waals surface area contributed by atoms with Gasteiger partial charge in [-0.1, -0.05) is 55.7 Å². The third kappa shape index (κ3) is 7.60. The molecular formula is C28H38N2O3S. The number of rotatable bonds is 12. The zero-order valence-electron chi connectivity index (χ0n) is 20.4. The van der Waals surface area contributed by atoms with E-state index in [1.165, 1.54) is 37.7 Å². The van der Waals surface area contributed by atoms with Gasteiger partial charge < -0.3 is 15.7 Å². The van der Waals surface area contributed by atoms with Crippen LogP contribution < -0.4 is 10.6 Å². The number of thioether (sulfide) groups is 1. The molecule has 0 aromatic heterocycles. The van der Waals surface area contributed by atoms with E-state index in [4.69, 9.17) is 0 Å². The van der Waals surface area contributed by atoms with E-state index in [9.17, 15) is 14.7 Å². The van der Waals surface area contributed by atoms with Crippen LogP contribution in [0.4, 0.5) is 0 Å². The Morgan fingerprint density at radius 2 is 1.85 bits per heavy atom. The van der Waals surface area contributed by atoms with Crippen molar-refractivity contribution in [3.63, 3.8) is 0 Å². The number of hydrogen-bond donors (Lipinski definition) is 3. The fourth-order valence-electron chi connectivity index (χ4n) is 4.68. The van der Waals surface area contributed by atoms with E-state index in [0.29, 0.717) is 23.8 Å². The second-order valence-electron chi connectivity index (χ2n) is 9.23. The molecule has 0 bridgehead atoms. The molecular weight excluding hydrogens is 444 g/mol. The molecule has 0 heterocycles. The molecule has 1 atom stereocenters. The van der Waals surface area contributed by atoms with Crippen molar-refractivity contribution in [1.82, 2.24) is 10.6 Å². The molecule has 1 fully saturated rings. The van der Waals surface area contributed by atoms with Crippen molar-refractivity contribution in [2.75, 3.05) is 18.6 Å². The third-order valence-corrected chi connectivity index (χ3v) is 7.30. The SMILES string of the molecule is CSCCC(NC(=O)c1ccc(CCCNC2CCCCC2)cc1-c1ccccc1C)C(=O)O. The molecule has 1 aliphatic rings. The summed E-state index contributed by atoms with van der Waals surface area (Å²) in [7, 11) is 0. The van der Waals surface area contributed by atoms with Crippen molar-refractivity contribution < 1.29 is 14.7 Å². The Morgan fingerprint density at radius 1 is 1.09 bits per heavy atom. The Labute approximate surface area is 208 Å². The normalized spacial score (nSPS) is 15.1. The number of aliphatic carboxylic acids is 1. The summed E-state index contributed by atoms with van der Waals surface area (Å²) in [6.45, 7) is 3.04. The van der Waals surface area contributed by atoms with Gasteiger partial charge in [0.1, 0.15) is 6.04 Å². The van der Waals surface area contributed by atoms with E-state index in [1.54, 1.807) is 11.8 Å². The van der Waals surface area contributed by atoms with Crippen molar-refractivity contribution >= 4 is 23.6 Å². The van der Waals surface area contributed by atoms with Crippen LogP contribution in [0.2, 0.25) is 0 Å². The van der Waals surface area contributed by atoms with E-state index in [1.807, 2.05) is 49.6 Å². The molecule has 6 heteroatoms. The number of carboxylic acid groups (broad SMARTS) is 1. The van der Waals surface area contributed by atoms with Gasteiger partial charge in [-0.3, -0.25) is 4.79 Å². The molecule has 1 unspecified atom stereocenters. The van der Waals surface area contributed by atoms with Crippen molar-refractivity contribution in [2.45, 2.75) is 70.4 Å². The number of carbonyl (C=O) groups excluding carboxylic acids is 1. The molecule has 0 spiro atoms. The highest BCUT2D eigenvalue weighted by atomic mass is 32.2. The van der Waals surface area contributed by atoms with Gasteiger partial charge in [0.15, 0.2) is 0 Å².